The van der Waals surface area contributed by atoms with Gasteiger partial charge in [-0.25, -0.2) is 0 Å². The second kappa shape index (κ2) is 22.4. The summed E-state index contributed by atoms with van der Waals surface area (Å²) >= 11 is 0. The Bertz CT molecular complexity index is 45.1. The Kier molecular flexibility index (Phi) is 33.2. The van der Waals surface area contributed by atoms with Crippen LogP contribution in [0.5, 0.6) is 0 Å². The number of rotatable bonds is 4. The predicted molar refractivity (Wildman–Crippen MR) is 45.7 cm³/mol. The third-order valence-corrected chi connectivity index (χ3v) is 0.925. The van der Waals surface area contributed by atoms with Crippen LogP contribution in [0.1, 0.15) is 12.8 Å². The molecule has 0 aromatic heterocycles. The highest BCUT2D eigenvalue weighted by Crippen LogP contribution is 1.93. The van der Waals surface area contributed by atoms with Gasteiger partial charge >= 0.3 is 0 Å². The molecule has 0 aromatic rings. The Balaban J connectivity index is -0.000000175. The molecule has 0 aromatic carbocycles. The maximum atomic E-state index is 8.73. The number of hydrogen-bond donors (Lipinski definition) is 5. The molecule has 0 bridgehead atoms. The summed E-state index contributed by atoms with van der Waals surface area (Å²) in [4.78, 5) is 0. The van der Waals surface area contributed by atoms with Crippen LogP contribution in [0.4, 0.5) is 0 Å². The van der Waals surface area contributed by atoms with Crippen molar-refractivity contribution in [2.24, 2.45) is 0 Å². The lowest BCUT2D eigenvalue weighted by Crippen LogP contribution is -2.10. The summed E-state index contributed by atoms with van der Waals surface area (Å²) in [6.45, 7) is -0.0255. The van der Waals surface area contributed by atoms with Gasteiger partial charge in [-0.1, -0.05) is 0 Å². The summed E-state index contributed by atoms with van der Waals surface area (Å²) in [7, 11) is 2.00. The second-order valence-corrected chi connectivity index (χ2v) is 1.68. The maximum Gasteiger partial charge on any atom is 0.0583 e. The van der Waals surface area contributed by atoms with Crippen molar-refractivity contribution in [1.29, 1.82) is 0 Å². The normalized spacial score (nSPS) is 8.00. The van der Waals surface area contributed by atoms with Gasteiger partial charge in [-0.3, -0.25) is 0 Å². The molecule has 0 aliphatic heterocycles. The van der Waals surface area contributed by atoms with Crippen molar-refractivity contribution in [1.82, 2.24) is 0 Å². The average Bonchev–Trinajstić information content (AvgIpc) is 2.12. The van der Waals surface area contributed by atoms with Crippen LogP contribution < -0.4 is 0 Å². The van der Waals surface area contributed by atoms with Gasteiger partial charge in [-0.05, 0) is 12.8 Å². The van der Waals surface area contributed by atoms with Crippen molar-refractivity contribution < 1.29 is 25.5 Å². The minimum Gasteiger partial charge on any atom is -0.400 e. The molecule has 0 fully saturated rings. The van der Waals surface area contributed by atoms with Crippen molar-refractivity contribution in [3.63, 3.8) is 0 Å². The van der Waals surface area contributed by atoms with E-state index in [4.69, 9.17) is 25.5 Å². The van der Waals surface area contributed by atoms with Crippen LogP contribution in [-0.4, -0.2) is 59.1 Å². The van der Waals surface area contributed by atoms with E-state index in [9.17, 15) is 0 Å². The Morgan fingerprint density at radius 1 is 0.833 bits per heavy atom. The molecule has 0 rings (SSSR count). The fourth-order valence-electron chi connectivity index (χ4n) is 0.442. The van der Waals surface area contributed by atoms with Crippen molar-refractivity contribution in [2.75, 3.05) is 27.4 Å². The summed E-state index contributed by atoms with van der Waals surface area (Å²) in [6.07, 6.45) is 0.186. The summed E-state index contributed by atoms with van der Waals surface area (Å²) in [5.41, 5.74) is 0. The van der Waals surface area contributed by atoms with Gasteiger partial charge in [0.25, 0.3) is 0 Å². The third kappa shape index (κ3) is 22.6. The van der Waals surface area contributed by atoms with Crippen molar-refractivity contribution in [2.45, 2.75) is 18.9 Å². The van der Waals surface area contributed by atoms with Crippen LogP contribution in [0.25, 0.3) is 0 Å². The lowest BCUT2D eigenvalue weighted by molar-refractivity contribution is 0.104. The highest BCUT2D eigenvalue weighted by Gasteiger charge is 1.99. The molecule has 78 valence electrons. The fraction of sp³-hybridized carbons (Fsp3) is 1.00. The fourth-order valence-corrected chi connectivity index (χ4v) is 0.442. The van der Waals surface area contributed by atoms with E-state index in [-0.39, 0.29) is 13.2 Å². The van der Waals surface area contributed by atoms with E-state index in [1.54, 1.807) is 0 Å². The molecule has 0 saturated heterocycles. The summed E-state index contributed by atoms with van der Waals surface area (Å²) in [5, 5.41) is 39.2. The largest absolute Gasteiger partial charge is 0.400 e. The third-order valence-electron chi connectivity index (χ3n) is 0.925. The summed E-state index contributed by atoms with van der Waals surface area (Å²) in [6, 6.07) is 0. The minimum atomic E-state index is -0.537. The van der Waals surface area contributed by atoms with Crippen molar-refractivity contribution in [3.05, 3.63) is 0 Å². The zero-order valence-corrected chi connectivity index (χ0v) is 7.64. The van der Waals surface area contributed by atoms with Crippen LogP contribution >= 0.6 is 0 Å². The zero-order chi connectivity index (χ0) is 10.4. The molecule has 0 amide bonds. The molecule has 5 nitrogen and oxygen atoms in total. The van der Waals surface area contributed by atoms with Gasteiger partial charge in [0, 0.05) is 27.4 Å². The van der Waals surface area contributed by atoms with E-state index in [0.717, 1.165) is 14.2 Å². The maximum absolute atomic E-state index is 8.73. The van der Waals surface area contributed by atoms with Gasteiger partial charge in [-0.15, -0.1) is 0 Å². The highest BCUT2D eigenvalue weighted by molar-refractivity contribution is 4.51. The molecular weight excluding hydrogens is 164 g/mol. The van der Waals surface area contributed by atoms with Crippen LogP contribution in [-0.2, 0) is 0 Å². The Labute approximate surface area is 72.9 Å². The van der Waals surface area contributed by atoms with E-state index in [0.29, 0.717) is 12.8 Å². The molecule has 0 radical (unpaired) electrons. The lowest BCUT2D eigenvalue weighted by atomic mass is 10.2. The molecule has 0 unspecified atom stereocenters. The lowest BCUT2D eigenvalue weighted by Gasteiger charge is -2.03. The number of hydrogen-bond acceptors (Lipinski definition) is 5. The first-order valence-electron chi connectivity index (χ1n) is 3.60. The smallest absolute Gasteiger partial charge is 0.0583 e. The molecule has 0 aliphatic carbocycles. The number of aliphatic hydroxyl groups is 5. The van der Waals surface area contributed by atoms with Crippen LogP contribution in [0.2, 0.25) is 0 Å². The minimum absolute atomic E-state index is 0.0127. The first-order chi connectivity index (χ1) is 5.81. The van der Waals surface area contributed by atoms with Gasteiger partial charge in [0.05, 0.1) is 6.10 Å². The topological polar surface area (TPSA) is 101 Å². The van der Waals surface area contributed by atoms with E-state index in [1.807, 2.05) is 0 Å². The van der Waals surface area contributed by atoms with Gasteiger partial charge in [0.15, 0.2) is 0 Å². The van der Waals surface area contributed by atoms with Gasteiger partial charge in [-0.2, -0.15) is 0 Å². The Morgan fingerprint density at radius 2 is 1.08 bits per heavy atom. The molecule has 12 heavy (non-hydrogen) atoms. The first kappa shape index (κ1) is 17.8. The van der Waals surface area contributed by atoms with E-state index >= 15 is 0 Å². The van der Waals surface area contributed by atoms with E-state index in [2.05, 4.69) is 0 Å². The van der Waals surface area contributed by atoms with Crippen LogP contribution in [0, 0.1) is 0 Å². The quantitative estimate of drug-likeness (QED) is 0.359. The second-order valence-electron chi connectivity index (χ2n) is 1.68. The van der Waals surface area contributed by atoms with Gasteiger partial charge in [0.2, 0.25) is 0 Å². The first-order valence-corrected chi connectivity index (χ1v) is 3.60. The molecule has 0 heterocycles. The molecule has 5 N–H and O–H groups in total. The van der Waals surface area contributed by atoms with Gasteiger partial charge < -0.3 is 25.5 Å². The highest BCUT2D eigenvalue weighted by atomic mass is 16.3. The molecule has 0 atom stereocenters. The SMILES string of the molecule is CO.CO.OCCC(O)CCO. The zero-order valence-electron chi connectivity index (χ0n) is 7.64. The van der Waals surface area contributed by atoms with Crippen molar-refractivity contribution in [3.8, 4) is 0 Å². The summed E-state index contributed by atoms with van der Waals surface area (Å²) < 4.78 is 0. The van der Waals surface area contributed by atoms with E-state index < -0.39 is 6.10 Å². The molecule has 0 aliphatic rings. The standard InChI is InChI=1S/C5H12O3.2CH4O/c6-3-1-5(8)2-4-7;2*1-2/h5-8H,1-4H2;2*2H,1H3. The molecule has 0 saturated carbocycles. The Morgan fingerprint density at radius 3 is 1.25 bits per heavy atom. The molecule has 0 spiro atoms. The van der Waals surface area contributed by atoms with Crippen LogP contribution in [0.3, 0.4) is 0 Å². The molecule has 5 heteroatoms. The summed E-state index contributed by atoms with van der Waals surface area (Å²) in [5.74, 6) is 0. The van der Waals surface area contributed by atoms with E-state index in [1.165, 1.54) is 0 Å². The van der Waals surface area contributed by atoms with Crippen molar-refractivity contribution >= 4 is 0 Å². The Hall–Kier alpha value is -0.200. The van der Waals surface area contributed by atoms with Gasteiger partial charge in [0.1, 0.15) is 0 Å². The van der Waals surface area contributed by atoms with Crippen LogP contribution in [0.15, 0.2) is 0 Å². The predicted octanol–water partition coefficient (Wildman–Crippen LogP) is -1.67. The molecular formula is C7H20O5. The number of aliphatic hydroxyl groups excluding tert-OH is 5. The average molecular weight is 184 g/mol. The monoisotopic (exact) mass is 184 g/mol.